The third kappa shape index (κ3) is 4.02. The van der Waals surface area contributed by atoms with E-state index in [0.717, 1.165) is 5.56 Å². The van der Waals surface area contributed by atoms with Gasteiger partial charge >= 0.3 is 0 Å². The zero-order chi connectivity index (χ0) is 22.1. The van der Waals surface area contributed by atoms with Gasteiger partial charge in [-0.25, -0.2) is 13.4 Å². The molecule has 3 rings (SSSR count). The van der Waals surface area contributed by atoms with Crippen LogP contribution in [0.3, 0.4) is 0 Å². The Morgan fingerprint density at radius 1 is 0.900 bits per heavy atom. The zero-order valence-electron chi connectivity index (χ0n) is 17.1. The number of allylic oxidation sites excluding steroid dienone is 4. The summed E-state index contributed by atoms with van der Waals surface area (Å²) in [6, 6.07) is 12.6. The Hall–Kier alpha value is -3.32. The molecular weight excluding hydrogens is 402 g/mol. The number of aliphatic imine (C=N–C) groups is 1. The van der Waals surface area contributed by atoms with Crippen molar-refractivity contribution in [3.05, 3.63) is 81.8 Å². The van der Waals surface area contributed by atoms with Crippen LogP contribution in [-0.2, 0) is 14.6 Å². The van der Waals surface area contributed by atoms with Gasteiger partial charge in [-0.1, -0.05) is 17.7 Å². The molecule has 7 heteroatoms. The van der Waals surface area contributed by atoms with Gasteiger partial charge in [0.25, 0.3) is 5.91 Å². The second-order valence-corrected chi connectivity index (χ2v) is 8.85. The van der Waals surface area contributed by atoms with Crippen LogP contribution in [0.4, 0.5) is 0 Å². The number of Topliss-reactive ketones (excluding diaryl/α,β-unsaturated/α-hetero) is 1. The number of rotatable bonds is 4. The number of methoxy groups -OCH3 is 1. The first-order valence-electron chi connectivity index (χ1n) is 9.18. The molecule has 0 saturated carbocycles. The van der Waals surface area contributed by atoms with Crippen LogP contribution >= 0.6 is 0 Å². The van der Waals surface area contributed by atoms with E-state index < -0.39 is 26.4 Å². The molecule has 1 aliphatic rings. The van der Waals surface area contributed by atoms with Gasteiger partial charge in [0.2, 0.25) is 15.6 Å². The van der Waals surface area contributed by atoms with Gasteiger partial charge < -0.3 is 4.74 Å². The van der Waals surface area contributed by atoms with Crippen LogP contribution in [0.15, 0.2) is 80.5 Å². The number of sulfone groups is 1. The zero-order valence-corrected chi connectivity index (χ0v) is 17.9. The van der Waals surface area contributed by atoms with Crippen LogP contribution in [0.1, 0.15) is 29.8 Å². The van der Waals surface area contributed by atoms with Crippen LogP contribution in [0.2, 0.25) is 0 Å². The molecule has 30 heavy (non-hydrogen) atoms. The fourth-order valence-corrected chi connectivity index (χ4v) is 4.33. The lowest BCUT2D eigenvalue weighted by molar-refractivity contribution is -0.111. The number of carbonyl (C=O) groups is 2. The highest BCUT2D eigenvalue weighted by Gasteiger charge is 2.32. The minimum atomic E-state index is -4.06. The van der Waals surface area contributed by atoms with Crippen LogP contribution < -0.4 is 4.74 Å². The molecule has 0 aliphatic heterocycles. The van der Waals surface area contributed by atoms with Crippen molar-refractivity contribution in [2.45, 2.75) is 25.7 Å². The second-order valence-electron chi connectivity index (χ2n) is 6.93. The maximum absolute atomic E-state index is 13.1. The van der Waals surface area contributed by atoms with Crippen molar-refractivity contribution < 1.29 is 22.7 Å². The summed E-state index contributed by atoms with van der Waals surface area (Å²) in [7, 11) is -2.54. The first-order valence-corrected chi connectivity index (χ1v) is 10.7. The second kappa shape index (κ2) is 8.20. The largest absolute Gasteiger partial charge is 0.497 e. The molecule has 2 aromatic carbocycles. The Bertz CT molecular complexity index is 1220. The molecule has 1 aliphatic carbocycles. The third-order valence-electron chi connectivity index (χ3n) is 4.96. The maximum Gasteiger partial charge on any atom is 0.277 e. The molecule has 2 aromatic rings. The average Bonchev–Trinajstić information content (AvgIpc) is 2.74. The fourth-order valence-electron chi connectivity index (χ4n) is 2.91. The van der Waals surface area contributed by atoms with Gasteiger partial charge in [-0.3, -0.25) is 9.59 Å². The van der Waals surface area contributed by atoms with Gasteiger partial charge in [-0.05, 0) is 68.8 Å². The van der Waals surface area contributed by atoms with Crippen LogP contribution in [-0.4, -0.2) is 32.9 Å². The van der Waals surface area contributed by atoms with Crippen LogP contribution in [0, 0.1) is 6.92 Å². The van der Waals surface area contributed by atoms with Crippen molar-refractivity contribution >= 4 is 27.2 Å². The summed E-state index contributed by atoms with van der Waals surface area (Å²) in [5.41, 5.74) is 2.08. The number of nitrogens with zero attached hydrogens (tertiary/aromatic N) is 1. The Morgan fingerprint density at radius 2 is 1.50 bits per heavy atom. The van der Waals surface area contributed by atoms with Crippen molar-refractivity contribution in [3.8, 4) is 5.75 Å². The summed E-state index contributed by atoms with van der Waals surface area (Å²) in [5.74, 6) is -0.540. The highest BCUT2D eigenvalue weighted by atomic mass is 32.2. The first kappa shape index (κ1) is 21.4. The van der Waals surface area contributed by atoms with Crippen LogP contribution in [0.5, 0.6) is 5.75 Å². The highest BCUT2D eigenvalue weighted by Crippen LogP contribution is 2.28. The molecule has 1 amide bonds. The van der Waals surface area contributed by atoms with Gasteiger partial charge in [0.1, 0.15) is 10.7 Å². The monoisotopic (exact) mass is 423 g/mol. The molecule has 0 heterocycles. The summed E-state index contributed by atoms with van der Waals surface area (Å²) in [6.45, 7) is 5.01. The summed E-state index contributed by atoms with van der Waals surface area (Å²) < 4.78 is 31.2. The average molecular weight is 423 g/mol. The summed E-state index contributed by atoms with van der Waals surface area (Å²) in [6.07, 6.45) is 1.18. The molecule has 0 N–H and O–H groups in total. The molecule has 6 nitrogen and oxygen atoms in total. The van der Waals surface area contributed by atoms with Crippen molar-refractivity contribution in [1.82, 2.24) is 0 Å². The number of ketones is 1. The topological polar surface area (TPSA) is 89.9 Å². The Kier molecular flexibility index (Phi) is 5.85. The first-order chi connectivity index (χ1) is 14.1. The van der Waals surface area contributed by atoms with E-state index in [1.165, 1.54) is 32.2 Å². The lowest BCUT2D eigenvalue weighted by Gasteiger charge is -2.17. The van der Waals surface area contributed by atoms with E-state index in [1.807, 2.05) is 6.92 Å². The van der Waals surface area contributed by atoms with Gasteiger partial charge in [-0.2, -0.15) is 0 Å². The van der Waals surface area contributed by atoms with Crippen molar-refractivity contribution in [2.75, 3.05) is 7.11 Å². The minimum absolute atomic E-state index is 0.0147. The summed E-state index contributed by atoms with van der Waals surface area (Å²) >= 11 is 0. The van der Waals surface area contributed by atoms with Crippen LogP contribution in [0.25, 0.3) is 0 Å². The third-order valence-corrected chi connectivity index (χ3v) is 6.73. The molecule has 154 valence electrons. The smallest absolute Gasteiger partial charge is 0.277 e. The quantitative estimate of drug-likeness (QED) is 0.697. The van der Waals surface area contributed by atoms with E-state index in [9.17, 15) is 18.0 Å². The number of carbonyl (C=O) groups excluding carboxylic acids is 2. The van der Waals surface area contributed by atoms with E-state index in [1.54, 1.807) is 43.3 Å². The molecule has 0 saturated heterocycles. The van der Waals surface area contributed by atoms with E-state index in [4.69, 9.17) is 4.74 Å². The normalized spacial score (nSPS) is 15.9. The lowest BCUT2D eigenvalue weighted by Crippen LogP contribution is -2.23. The van der Waals surface area contributed by atoms with E-state index in [-0.39, 0.29) is 16.2 Å². The molecular formula is C23H21NO5S. The van der Waals surface area contributed by atoms with E-state index >= 15 is 0 Å². The number of ether oxygens (including phenoxy) is 1. The highest BCUT2D eigenvalue weighted by molar-refractivity contribution is 7.96. The molecule has 0 bridgehead atoms. The van der Waals surface area contributed by atoms with Crippen molar-refractivity contribution in [3.63, 3.8) is 0 Å². The minimum Gasteiger partial charge on any atom is -0.497 e. The van der Waals surface area contributed by atoms with Gasteiger partial charge in [-0.15, -0.1) is 0 Å². The number of aryl methyl sites for hydroxylation is 1. The molecule has 0 aromatic heterocycles. The number of hydrogen-bond acceptors (Lipinski definition) is 5. The molecule has 0 fully saturated rings. The lowest BCUT2D eigenvalue weighted by atomic mass is 9.96. The summed E-state index contributed by atoms with van der Waals surface area (Å²) in [4.78, 5) is 29.0. The van der Waals surface area contributed by atoms with Crippen molar-refractivity contribution in [2.24, 2.45) is 4.99 Å². The standard InChI is InChI=1S/C23H21NO5S/c1-14-5-11-19(12-6-14)30(27,28)21-13-20(15(2)16(3)22(21)25)24-23(26)17-7-9-18(29-4)10-8-17/h5-13H,1-4H3. The molecule has 0 radical (unpaired) electrons. The molecule has 0 unspecified atom stereocenters. The number of amides is 1. The Labute approximate surface area is 175 Å². The van der Waals surface area contributed by atoms with Gasteiger partial charge in [0.15, 0.2) is 0 Å². The number of hydrogen-bond donors (Lipinski definition) is 0. The van der Waals surface area contributed by atoms with E-state index in [0.29, 0.717) is 16.9 Å². The summed E-state index contributed by atoms with van der Waals surface area (Å²) in [5, 5.41) is 0. The predicted molar refractivity (Wildman–Crippen MR) is 115 cm³/mol. The SMILES string of the molecule is COc1ccc(C(=O)N=C2C=C(S(=O)(=O)c3ccc(C)cc3)C(=O)C(C)=C2C)cc1. The predicted octanol–water partition coefficient (Wildman–Crippen LogP) is 3.86. The molecule has 0 spiro atoms. The van der Waals surface area contributed by atoms with Gasteiger partial charge in [0.05, 0.1) is 17.7 Å². The Balaban J connectivity index is 2.06. The van der Waals surface area contributed by atoms with Crippen molar-refractivity contribution in [1.29, 1.82) is 0 Å². The molecule has 0 atom stereocenters. The Morgan fingerprint density at radius 3 is 2.07 bits per heavy atom. The number of benzene rings is 2. The van der Waals surface area contributed by atoms with Gasteiger partial charge in [0, 0.05) is 11.1 Å². The maximum atomic E-state index is 13.1. The van der Waals surface area contributed by atoms with E-state index in [2.05, 4.69) is 4.99 Å². The fraction of sp³-hybridized carbons (Fsp3) is 0.174.